The molecule has 0 aliphatic rings. The maximum atomic E-state index is 8.32. The Labute approximate surface area is 133 Å². The van der Waals surface area contributed by atoms with Gasteiger partial charge in [-0.15, -0.1) is 11.6 Å². The van der Waals surface area contributed by atoms with Gasteiger partial charge in [0.1, 0.15) is 0 Å². The Bertz CT molecular complexity index is 570. The van der Waals surface area contributed by atoms with Gasteiger partial charge in [-0.3, -0.25) is 9.97 Å². The van der Waals surface area contributed by atoms with Crippen molar-refractivity contribution < 1.29 is 0 Å². The molecule has 0 amide bonds. The van der Waals surface area contributed by atoms with E-state index < -0.39 is 0 Å². The molecule has 0 spiro atoms. The van der Waals surface area contributed by atoms with E-state index in [1.807, 2.05) is 12.1 Å². The van der Waals surface area contributed by atoms with Gasteiger partial charge in [-0.1, -0.05) is 0 Å². The quantitative estimate of drug-likeness (QED) is 0.694. The maximum Gasteiger partial charge on any atom is 0.0670 e. The van der Waals surface area contributed by atoms with E-state index in [4.69, 9.17) is 16.9 Å². The van der Waals surface area contributed by atoms with Gasteiger partial charge in [-0.05, 0) is 55.1 Å². The second kappa shape index (κ2) is 9.03. The number of nitrogens with zero attached hydrogens (tertiary/aromatic N) is 3. The van der Waals surface area contributed by atoms with E-state index in [1.54, 1.807) is 24.8 Å². The Kier molecular flexibility index (Phi) is 7.65. The molecule has 0 saturated carbocycles. The monoisotopic (exact) mass is 401 g/mol. The molecule has 2 rings (SSSR count). The van der Waals surface area contributed by atoms with E-state index in [2.05, 4.69) is 47.9 Å². The second-order valence-corrected chi connectivity index (χ2v) is 5.59. The van der Waals surface area contributed by atoms with E-state index in [0.717, 1.165) is 20.1 Å². The molecule has 2 heterocycles. The molecular formula is C13H10Br2ClN3. The van der Waals surface area contributed by atoms with Crippen LogP contribution in [0.3, 0.4) is 0 Å². The van der Waals surface area contributed by atoms with Crippen molar-refractivity contribution in [1.29, 1.82) is 5.26 Å². The molecule has 6 heteroatoms. The minimum absolute atomic E-state index is 0.423. The maximum absolute atomic E-state index is 8.32. The molecule has 0 N–H and O–H groups in total. The lowest BCUT2D eigenvalue weighted by atomic mass is 10.2. The summed E-state index contributed by atoms with van der Waals surface area (Å²) in [5.41, 5.74) is 1.97. The SMILES string of the molecule is ClCc1cncc(Br)c1.N#CCc1cncc(Br)c1. The van der Waals surface area contributed by atoms with Crippen LogP contribution in [-0.4, -0.2) is 9.97 Å². The molecule has 0 bridgehead atoms. The summed E-state index contributed by atoms with van der Waals surface area (Å²) in [7, 11) is 0. The first-order valence-corrected chi connectivity index (χ1v) is 7.39. The molecule has 0 aliphatic carbocycles. The molecule has 3 nitrogen and oxygen atoms in total. The molecule has 98 valence electrons. The summed E-state index contributed by atoms with van der Waals surface area (Å²) in [6, 6.07) is 5.88. The third-order valence-electron chi connectivity index (χ3n) is 1.96. The van der Waals surface area contributed by atoms with Crippen molar-refractivity contribution in [2.45, 2.75) is 12.3 Å². The van der Waals surface area contributed by atoms with Crippen LogP contribution in [0, 0.1) is 11.3 Å². The minimum atomic E-state index is 0.423. The zero-order valence-corrected chi connectivity index (χ0v) is 13.8. The summed E-state index contributed by atoms with van der Waals surface area (Å²) in [5, 5.41) is 8.32. The smallest absolute Gasteiger partial charge is 0.0670 e. The van der Waals surface area contributed by atoms with Crippen molar-refractivity contribution in [2.75, 3.05) is 0 Å². The molecule has 2 aromatic rings. The summed E-state index contributed by atoms with van der Waals surface area (Å²) in [5.74, 6) is 0.520. The molecule has 19 heavy (non-hydrogen) atoms. The van der Waals surface area contributed by atoms with E-state index in [0.29, 0.717) is 12.3 Å². The van der Waals surface area contributed by atoms with Crippen LogP contribution in [0.2, 0.25) is 0 Å². The first kappa shape index (κ1) is 16.1. The highest BCUT2D eigenvalue weighted by molar-refractivity contribution is 9.10. The Morgan fingerprint density at radius 2 is 1.53 bits per heavy atom. The fraction of sp³-hybridized carbons (Fsp3) is 0.154. The number of alkyl halides is 1. The van der Waals surface area contributed by atoms with Gasteiger partial charge < -0.3 is 0 Å². The lowest BCUT2D eigenvalue weighted by Gasteiger charge is -1.92. The average Bonchev–Trinajstić information content (AvgIpc) is 2.40. The number of nitriles is 1. The van der Waals surface area contributed by atoms with Gasteiger partial charge in [0.2, 0.25) is 0 Å². The van der Waals surface area contributed by atoms with Crippen LogP contribution in [0.5, 0.6) is 0 Å². The summed E-state index contributed by atoms with van der Waals surface area (Å²) in [4.78, 5) is 7.83. The molecule has 0 atom stereocenters. The van der Waals surface area contributed by atoms with Crippen LogP contribution in [0.25, 0.3) is 0 Å². The molecule has 0 radical (unpaired) electrons. The molecule has 0 aromatic carbocycles. The third kappa shape index (κ3) is 6.67. The van der Waals surface area contributed by atoms with Gasteiger partial charge in [0.25, 0.3) is 0 Å². The summed E-state index contributed by atoms with van der Waals surface area (Å²) >= 11 is 12.1. The van der Waals surface area contributed by atoms with Gasteiger partial charge in [-0.25, -0.2) is 0 Å². The summed E-state index contributed by atoms with van der Waals surface area (Å²) in [6.07, 6.45) is 7.29. The first-order chi connectivity index (χ1) is 9.15. The van der Waals surface area contributed by atoms with Crippen LogP contribution < -0.4 is 0 Å². The zero-order valence-electron chi connectivity index (χ0n) is 9.85. The minimum Gasteiger partial charge on any atom is -0.263 e. The number of pyridine rings is 2. The molecule has 0 fully saturated rings. The fourth-order valence-electron chi connectivity index (χ4n) is 1.17. The largest absolute Gasteiger partial charge is 0.263 e. The van der Waals surface area contributed by atoms with Gasteiger partial charge >= 0.3 is 0 Å². The third-order valence-corrected chi connectivity index (χ3v) is 3.14. The molecule has 0 aliphatic heterocycles. The molecule has 0 saturated heterocycles. The van der Waals surface area contributed by atoms with Crippen LogP contribution in [0.1, 0.15) is 11.1 Å². The first-order valence-electron chi connectivity index (χ1n) is 5.27. The lowest BCUT2D eigenvalue weighted by Crippen LogP contribution is -1.82. The highest BCUT2D eigenvalue weighted by atomic mass is 79.9. The predicted molar refractivity (Wildman–Crippen MR) is 82.7 cm³/mol. The highest BCUT2D eigenvalue weighted by Gasteiger charge is 1.91. The van der Waals surface area contributed by atoms with Gasteiger partial charge in [0.05, 0.1) is 12.5 Å². The summed E-state index contributed by atoms with van der Waals surface area (Å²) < 4.78 is 1.89. The van der Waals surface area contributed by atoms with Crippen molar-refractivity contribution >= 4 is 43.5 Å². The number of rotatable bonds is 2. The number of hydrogen-bond acceptors (Lipinski definition) is 3. The fourth-order valence-corrected chi connectivity index (χ4v) is 2.14. The van der Waals surface area contributed by atoms with Gasteiger partial charge in [-0.2, -0.15) is 5.26 Å². The normalized spacial score (nSPS) is 9.16. The van der Waals surface area contributed by atoms with Crippen LogP contribution in [0.4, 0.5) is 0 Å². The summed E-state index contributed by atoms with van der Waals surface area (Å²) in [6.45, 7) is 0. The molecule has 2 aromatic heterocycles. The Morgan fingerprint density at radius 1 is 1.00 bits per heavy atom. The second-order valence-electron chi connectivity index (χ2n) is 3.49. The Morgan fingerprint density at radius 3 is 1.95 bits per heavy atom. The van der Waals surface area contributed by atoms with Crippen molar-refractivity contribution in [3.8, 4) is 6.07 Å². The van der Waals surface area contributed by atoms with Crippen LogP contribution in [-0.2, 0) is 12.3 Å². The standard InChI is InChI=1S/C7H5BrN2.C6H5BrClN/c8-7-3-6(1-2-9)4-10-5-7;7-6-1-5(2-8)3-9-4-6/h3-5H,1H2;1,3-4H,2H2. The van der Waals surface area contributed by atoms with Crippen molar-refractivity contribution in [3.05, 3.63) is 57.0 Å². The van der Waals surface area contributed by atoms with Crippen molar-refractivity contribution in [2.24, 2.45) is 0 Å². The number of hydrogen-bond donors (Lipinski definition) is 0. The van der Waals surface area contributed by atoms with Crippen LogP contribution >= 0.6 is 43.5 Å². The molecular weight excluding hydrogens is 393 g/mol. The Hall–Kier alpha value is -0.960. The zero-order chi connectivity index (χ0) is 14.1. The van der Waals surface area contributed by atoms with Gasteiger partial charge in [0, 0.05) is 39.6 Å². The predicted octanol–water partition coefficient (Wildman–Crippen LogP) is 4.49. The Balaban J connectivity index is 0.000000191. The van der Waals surface area contributed by atoms with Gasteiger partial charge in [0.15, 0.2) is 0 Å². The highest BCUT2D eigenvalue weighted by Crippen LogP contribution is 2.10. The van der Waals surface area contributed by atoms with E-state index in [1.165, 1.54) is 0 Å². The number of halogens is 3. The van der Waals surface area contributed by atoms with E-state index in [-0.39, 0.29) is 0 Å². The molecule has 0 unspecified atom stereocenters. The van der Waals surface area contributed by atoms with E-state index in [9.17, 15) is 0 Å². The lowest BCUT2D eigenvalue weighted by molar-refractivity contribution is 1.18. The van der Waals surface area contributed by atoms with Crippen LogP contribution in [0.15, 0.2) is 45.9 Å². The average molecular weight is 404 g/mol. The topological polar surface area (TPSA) is 49.6 Å². The van der Waals surface area contributed by atoms with E-state index >= 15 is 0 Å². The van der Waals surface area contributed by atoms with Crippen molar-refractivity contribution in [3.63, 3.8) is 0 Å². The van der Waals surface area contributed by atoms with Crippen molar-refractivity contribution in [1.82, 2.24) is 9.97 Å². The number of aromatic nitrogens is 2.